The van der Waals surface area contributed by atoms with Crippen molar-refractivity contribution in [2.45, 2.75) is 25.7 Å². The lowest BCUT2D eigenvalue weighted by Gasteiger charge is -2.33. The molecule has 0 amide bonds. The van der Waals surface area contributed by atoms with Crippen LogP contribution in [0.4, 0.5) is 10.1 Å². The standard InChI is InChI=1S/C20H21FN4/c1-14-2-3-16(10-19(14)21)20-11-18(4-7-22-20)25-8-5-15(6-9-25)17-12-23-24-13-17/h2-4,7,10-13,15H,5-6,8-9H2,1H3,(H,23,24). The number of benzene rings is 1. The first-order chi connectivity index (χ1) is 12.2. The summed E-state index contributed by atoms with van der Waals surface area (Å²) in [5, 5.41) is 6.96. The van der Waals surface area contributed by atoms with Gasteiger partial charge in [-0.25, -0.2) is 4.39 Å². The predicted molar refractivity (Wildman–Crippen MR) is 97.1 cm³/mol. The highest BCUT2D eigenvalue weighted by Gasteiger charge is 2.21. The molecule has 1 saturated heterocycles. The Morgan fingerprint density at radius 1 is 1.16 bits per heavy atom. The molecule has 0 radical (unpaired) electrons. The van der Waals surface area contributed by atoms with Gasteiger partial charge < -0.3 is 4.90 Å². The third kappa shape index (κ3) is 3.27. The van der Waals surface area contributed by atoms with E-state index >= 15 is 0 Å². The van der Waals surface area contributed by atoms with Crippen molar-refractivity contribution >= 4 is 5.69 Å². The Morgan fingerprint density at radius 2 is 2.00 bits per heavy atom. The Morgan fingerprint density at radius 3 is 2.72 bits per heavy atom. The van der Waals surface area contributed by atoms with E-state index in [1.54, 1.807) is 19.1 Å². The number of anilines is 1. The average molecular weight is 336 g/mol. The molecule has 4 nitrogen and oxygen atoms in total. The maximum Gasteiger partial charge on any atom is 0.126 e. The van der Waals surface area contributed by atoms with Crippen molar-refractivity contribution in [3.63, 3.8) is 0 Å². The molecule has 1 aromatic carbocycles. The summed E-state index contributed by atoms with van der Waals surface area (Å²) in [5.41, 5.74) is 4.73. The molecule has 3 heterocycles. The van der Waals surface area contributed by atoms with Crippen molar-refractivity contribution < 1.29 is 4.39 Å². The van der Waals surface area contributed by atoms with Crippen LogP contribution in [0.2, 0.25) is 0 Å². The molecule has 25 heavy (non-hydrogen) atoms. The van der Waals surface area contributed by atoms with Gasteiger partial charge in [-0.2, -0.15) is 5.10 Å². The smallest absolute Gasteiger partial charge is 0.126 e. The molecule has 0 bridgehead atoms. The van der Waals surface area contributed by atoms with Crippen LogP contribution in [0.15, 0.2) is 48.9 Å². The molecule has 128 valence electrons. The fourth-order valence-electron chi connectivity index (χ4n) is 3.48. The highest BCUT2D eigenvalue weighted by Crippen LogP contribution is 2.31. The van der Waals surface area contributed by atoms with E-state index in [0.29, 0.717) is 11.5 Å². The van der Waals surface area contributed by atoms with Crippen LogP contribution in [0.25, 0.3) is 11.3 Å². The highest BCUT2D eigenvalue weighted by atomic mass is 19.1. The topological polar surface area (TPSA) is 44.8 Å². The number of hydrogen-bond acceptors (Lipinski definition) is 3. The fraction of sp³-hybridized carbons (Fsp3) is 0.300. The van der Waals surface area contributed by atoms with Gasteiger partial charge in [-0.1, -0.05) is 12.1 Å². The van der Waals surface area contributed by atoms with Crippen molar-refractivity contribution in [1.82, 2.24) is 15.2 Å². The van der Waals surface area contributed by atoms with E-state index in [1.807, 2.05) is 30.7 Å². The minimum atomic E-state index is -0.189. The number of nitrogens with one attached hydrogen (secondary N) is 1. The van der Waals surface area contributed by atoms with Crippen molar-refractivity contribution in [3.8, 4) is 11.3 Å². The zero-order valence-electron chi connectivity index (χ0n) is 14.2. The first-order valence-corrected chi connectivity index (χ1v) is 8.67. The monoisotopic (exact) mass is 336 g/mol. The van der Waals surface area contributed by atoms with Gasteiger partial charge in [0.1, 0.15) is 5.82 Å². The second kappa shape index (κ2) is 6.67. The summed E-state index contributed by atoms with van der Waals surface area (Å²) in [7, 11) is 0. The molecule has 0 atom stereocenters. The maximum absolute atomic E-state index is 13.9. The van der Waals surface area contributed by atoms with Crippen LogP contribution in [0.5, 0.6) is 0 Å². The SMILES string of the molecule is Cc1ccc(-c2cc(N3CCC(c4cn[nH]c4)CC3)ccn2)cc1F. The number of piperidine rings is 1. The number of pyridine rings is 1. The van der Waals surface area contributed by atoms with Crippen LogP contribution in [0.1, 0.15) is 29.9 Å². The van der Waals surface area contributed by atoms with Crippen LogP contribution in [-0.2, 0) is 0 Å². The Hall–Kier alpha value is -2.69. The normalized spacial score (nSPS) is 15.5. The van der Waals surface area contributed by atoms with Crippen molar-refractivity contribution in [1.29, 1.82) is 0 Å². The summed E-state index contributed by atoms with van der Waals surface area (Å²) in [6, 6.07) is 9.38. The second-order valence-corrected chi connectivity index (χ2v) is 6.66. The third-order valence-electron chi connectivity index (χ3n) is 5.06. The summed E-state index contributed by atoms with van der Waals surface area (Å²) < 4.78 is 13.9. The quantitative estimate of drug-likeness (QED) is 0.775. The number of nitrogens with zero attached hydrogens (tertiary/aromatic N) is 3. The number of rotatable bonds is 3. The lowest BCUT2D eigenvalue weighted by Crippen LogP contribution is -2.32. The molecule has 0 saturated carbocycles. The van der Waals surface area contributed by atoms with Gasteiger partial charge in [0.2, 0.25) is 0 Å². The molecule has 1 aliphatic rings. The lowest BCUT2D eigenvalue weighted by molar-refractivity contribution is 0.505. The Kier molecular flexibility index (Phi) is 4.22. The lowest BCUT2D eigenvalue weighted by atomic mass is 9.91. The van der Waals surface area contributed by atoms with E-state index in [-0.39, 0.29) is 5.82 Å². The second-order valence-electron chi connectivity index (χ2n) is 6.66. The van der Waals surface area contributed by atoms with Crippen molar-refractivity contribution in [2.24, 2.45) is 0 Å². The largest absolute Gasteiger partial charge is 0.371 e. The predicted octanol–water partition coefficient (Wildman–Crippen LogP) is 4.30. The van der Waals surface area contributed by atoms with E-state index in [2.05, 4.69) is 26.1 Å². The molecule has 5 heteroatoms. The number of H-pyrrole nitrogens is 1. The fourth-order valence-corrected chi connectivity index (χ4v) is 3.48. The molecule has 4 rings (SSSR count). The van der Waals surface area contributed by atoms with E-state index < -0.39 is 0 Å². The van der Waals surface area contributed by atoms with E-state index in [9.17, 15) is 4.39 Å². The first-order valence-electron chi connectivity index (χ1n) is 8.67. The number of aryl methyl sites for hydroxylation is 1. The van der Waals surface area contributed by atoms with Crippen molar-refractivity contribution in [3.05, 3.63) is 65.9 Å². The van der Waals surface area contributed by atoms with Crippen LogP contribution >= 0.6 is 0 Å². The van der Waals surface area contributed by atoms with E-state index in [1.165, 1.54) is 5.56 Å². The number of hydrogen-bond donors (Lipinski definition) is 1. The Bertz CT molecular complexity index is 852. The van der Waals surface area contributed by atoms with Crippen LogP contribution < -0.4 is 4.90 Å². The molecule has 2 aromatic heterocycles. The zero-order valence-corrected chi connectivity index (χ0v) is 14.2. The highest BCUT2D eigenvalue weighted by molar-refractivity contribution is 5.65. The number of aromatic amines is 1. The first kappa shape index (κ1) is 15.8. The zero-order chi connectivity index (χ0) is 17.2. The third-order valence-corrected chi connectivity index (χ3v) is 5.06. The van der Waals surface area contributed by atoms with E-state index in [0.717, 1.165) is 42.9 Å². The molecule has 0 aliphatic carbocycles. The van der Waals surface area contributed by atoms with Gasteiger partial charge in [0.25, 0.3) is 0 Å². The van der Waals surface area contributed by atoms with Gasteiger partial charge in [-0.05, 0) is 55.0 Å². The summed E-state index contributed by atoms with van der Waals surface area (Å²) in [6.45, 7) is 3.77. The van der Waals surface area contributed by atoms with Crippen LogP contribution in [-0.4, -0.2) is 28.3 Å². The van der Waals surface area contributed by atoms with Crippen LogP contribution in [0, 0.1) is 12.7 Å². The molecule has 0 spiro atoms. The molecular weight excluding hydrogens is 315 g/mol. The Balaban J connectivity index is 1.51. The number of halogens is 1. The minimum absolute atomic E-state index is 0.189. The van der Waals surface area contributed by atoms with Crippen molar-refractivity contribution in [2.75, 3.05) is 18.0 Å². The molecule has 0 unspecified atom stereocenters. The molecular formula is C20H21FN4. The van der Waals surface area contributed by atoms with E-state index in [4.69, 9.17) is 0 Å². The molecule has 1 fully saturated rings. The average Bonchev–Trinajstić information content (AvgIpc) is 3.19. The van der Waals surface area contributed by atoms with Gasteiger partial charge in [-0.15, -0.1) is 0 Å². The summed E-state index contributed by atoms with van der Waals surface area (Å²) in [4.78, 5) is 6.81. The summed E-state index contributed by atoms with van der Waals surface area (Å²) >= 11 is 0. The van der Waals surface area contributed by atoms with Gasteiger partial charge in [0.05, 0.1) is 11.9 Å². The molecule has 1 aliphatic heterocycles. The van der Waals surface area contributed by atoms with Crippen LogP contribution in [0.3, 0.4) is 0 Å². The minimum Gasteiger partial charge on any atom is -0.371 e. The molecule has 3 aromatic rings. The summed E-state index contributed by atoms with van der Waals surface area (Å²) in [5.74, 6) is 0.383. The molecule has 1 N–H and O–H groups in total. The summed E-state index contributed by atoms with van der Waals surface area (Å²) in [6.07, 6.45) is 7.95. The van der Waals surface area contributed by atoms with Gasteiger partial charge in [-0.3, -0.25) is 10.1 Å². The van der Waals surface area contributed by atoms with Gasteiger partial charge in [0, 0.05) is 36.7 Å². The Labute approximate surface area is 146 Å². The van der Waals surface area contributed by atoms with Gasteiger partial charge in [0.15, 0.2) is 0 Å². The van der Waals surface area contributed by atoms with Gasteiger partial charge >= 0.3 is 0 Å². The number of aromatic nitrogens is 3. The maximum atomic E-state index is 13.9.